The minimum Gasteiger partial charge on any atom is -0.493 e. The quantitative estimate of drug-likeness (QED) is 0.408. The first-order chi connectivity index (χ1) is 14.2. The summed E-state index contributed by atoms with van der Waals surface area (Å²) in [5.41, 5.74) is 1.26. The van der Waals surface area contributed by atoms with Gasteiger partial charge in [0.2, 0.25) is 0 Å². The van der Waals surface area contributed by atoms with Gasteiger partial charge in [0, 0.05) is 13.2 Å². The summed E-state index contributed by atoms with van der Waals surface area (Å²) in [6.45, 7) is 16.0. The molecule has 0 aromatic heterocycles. The molecule has 4 nitrogen and oxygen atoms in total. The van der Waals surface area contributed by atoms with E-state index in [0.29, 0.717) is 0 Å². The summed E-state index contributed by atoms with van der Waals surface area (Å²) in [7, 11) is 1.70. The van der Waals surface area contributed by atoms with Gasteiger partial charge in [-0.15, -0.1) is 0 Å². The topological polar surface area (TPSA) is 39.7 Å². The fraction of sp³-hybridized carbons (Fsp3) is 0.769. The summed E-state index contributed by atoms with van der Waals surface area (Å²) in [4.78, 5) is 0. The van der Waals surface area contributed by atoms with Crippen molar-refractivity contribution in [2.45, 2.75) is 91.9 Å². The number of hydrogen-bond donors (Lipinski definition) is 1. The van der Waals surface area contributed by atoms with Gasteiger partial charge in [-0.3, -0.25) is 0 Å². The van der Waals surface area contributed by atoms with Crippen molar-refractivity contribution in [3.05, 3.63) is 23.8 Å². The standard InChI is InChI=1S/C26H45NO3/c1-19(2)8-10-22(23-13-15-29-26(5,6)17-23)12-14-27-18-21-9-11-24(30-20(3)4)25(16-21)28-7/h9,11,16,19-20,22-23,27H,8,10,12-15,17-18H2,1-7H3. The van der Waals surface area contributed by atoms with Crippen LogP contribution in [0.15, 0.2) is 18.2 Å². The maximum Gasteiger partial charge on any atom is 0.161 e. The van der Waals surface area contributed by atoms with Crippen LogP contribution in [-0.4, -0.2) is 32.0 Å². The zero-order chi connectivity index (χ0) is 22.1. The normalized spacial score (nSPS) is 19.8. The number of ether oxygens (including phenoxy) is 3. The molecule has 2 unspecified atom stereocenters. The summed E-state index contributed by atoms with van der Waals surface area (Å²) in [6, 6.07) is 6.23. The Morgan fingerprint density at radius 1 is 1.10 bits per heavy atom. The molecular weight excluding hydrogens is 374 g/mol. The molecule has 4 heteroatoms. The van der Waals surface area contributed by atoms with Crippen LogP contribution in [0, 0.1) is 17.8 Å². The van der Waals surface area contributed by atoms with Crippen LogP contribution in [0.1, 0.15) is 79.2 Å². The molecule has 1 aliphatic heterocycles. The second-order valence-electron chi connectivity index (χ2n) is 10.2. The fourth-order valence-electron chi connectivity index (χ4n) is 4.54. The van der Waals surface area contributed by atoms with Gasteiger partial charge in [0.1, 0.15) is 0 Å². The van der Waals surface area contributed by atoms with Crippen molar-refractivity contribution in [1.29, 1.82) is 0 Å². The summed E-state index contributed by atoms with van der Waals surface area (Å²) < 4.78 is 17.3. The Kier molecular flexibility index (Phi) is 9.96. The third-order valence-corrected chi connectivity index (χ3v) is 6.13. The highest BCUT2D eigenvalue weighted by atomic mass is 16.5. The molecule has 0 saturated carbocycles. The van der Waals surface area contributed by atoms with Crippen molar-refractivity contribution in [3.8, 4) is 11.5 Å². The lowest BCUT2D eigenvalue weighted by molar-refractivity contribution is -0.0839. The van der Waals surface area contributed by atoms with Crippen LogP contribution >= 0.6 is 0 Å². The number of rotatable bonds is 12. The second kappa shape index (κ2) is 12.0. The third kappa shape index (κ3) is 8.47. The number of hydrogen-bond acceptors (Lipinski definition) is 4. The molecule has 1 fully saturated rings. The molecule has 0 aliphatic carbocycles. The van der Waals surface area contributed by atoms with E-state index >= 15 is 0 Å². The van der Waals surface area contributed by atoms with E-state index in [-0.39, 0.29) is 11.7 Å². The lowest BCUT2D eigenvalue weighted by Gasteiger charge is -2.39. The Hall–Kier alpha value is -1.26. The molecule has 2 rings (SSSR count). The SMILES string of the molecule is COc1cc(CNCCC(CCC(C)C)C2CCOC(C)(C)C2)ccc1OC(C)C. The highest BCUT2D eigenvalue weighted by Crippen LogP contribution is 2.37. The Labute approximate surface area is 185 Å². The Morgan fingerprint density at radius 2 is 1.87 bits per heavy atom. The fourth-order valence-corrected chi connectivity index (χ4v) is 4.54. The molecule has 0 amide bonds. The van der Waals surface area contributed by atoms with Gasteiger partial charge >= 0.3 is 0 Å². The van der Waals surface area contributed by atoms with Crippen LogP contribution in [0.4, 0.5) is 0 Å². The molecule has 1 aliphatic rings. The van der Waals surface area contributed by atoms with Gasteiger partial charge in [-0.05, 0) is 95.4 Å². The van der Waals surface area contributed by atoms with Crippen LogP contribution in [0.5, 0.6) is 11.5 Å². The van der Waals surface area contributed by atoms with Crippen molar-refractivity contribution in [1.82, 2.24) is 5.32 Å². The number of methoxy groups -OCH3 is 1. The molecule has 172 valence electrons. The zero-order valence-corrected chi connectivity index (χ0v) is 20.4. The zero-order valence-electron chi connectivity index (χ0n) is 20.4. The summed E-state index contributed by atoms with van der Waals surface area (Å²) in [6.07, 6.45) is 6.41. The maximum absolute atomic E-state index is 5.97. The molecular formula is C26H45NO3. The predicted molar refractivity (Wildman–Crippen MR) is 125 cm³/mol. The molecule has 1 aromatic carbocycles. The minimum atomic E-state index is 0.0305. The van der Waals surface area contributed by atoms with E-state index in [9.17, 15) is 0 Å². The van der Waals surface area contributed by atoms with Gasteiger partial charge in [0.25, 0.3) is 0 Å². The van der Waals surface area contributed by atoms with Crippen LogP contribution in [0.25, 0.3) is 0 Å². The monoisotopic (exact) mass is 419 g/mol. The van der Waals surface area contributed by atoms with E-state index in [4.69, 9.17) is 14.2 Å². The van der Waals surface area contributed by atoms with E-state index in [1.807, 2.05) is 19.9 Å². The molecule has 2 atom stereocenters. The highest BCUT2D eigenvalue weighted by Gasteiger charge is 2.33. The van der Waals surface area contributed by atoms with Crippen LogP contribution in [0.2, 0.25) is 0 Å². The van der Waals surface area contributed by atoms with Gasteiger partial charge in [-0.1, -0.05) is 26.3 Å². The number of nitrogens with one attached hydrogen (secondary N) is 1. The Bertz CT molecular complexity index is 627. The predicted octanol–water partition coefficient (Wildman–Crippen LogP) is 6.22. The summed E-state index contributed by atoms with van der Waals surface area (Å²) in [5, 5.41) is 3.66. The first kappa shape index (κ1) is 25.0. The molecule has 1 saturated heterocycles. The lowest BCUT2D eigenvalue weighted by atomic mass is 9.75. The molecule has 1 N–H and O–H groups in total. The summed E-state index contributed by atoms with van der Waals surface area (Å²) in [5.74, 6) is 3.95. The van der Waals surface area contributed by atoms with E-state index < -0.39 is 0 Å². The average molecular weight is 420 g/mol. The minimum absolute atomic E-state index is 0.0305. The van der Waals surface area contributed by atoms with Gasteiger partial charge in [-0.2, -0.15) is 0 Å². The first-order valence-electron chi connectivity index (χ1n) is 11.9. The molecule has 30 heavy (non-hydrogen) atoms. The van der Waals surface area contributed by atoms with Crippen molar-refractivity contribution in [2.75, 3.05) is 20.3 Å². The molecule has 0 bridgehead atoms. The third-order valence-electron chi connectivity index (χ3n) is 6.13. The molecule has 1 aromatic rings. The van der Waals surface area contributed by atoms with E-state index in [0.717, 1.165) is 48.9 Å². The smallest absolute Gasteiger partial charge is 0.161 e. The molecule has 0 radical (unpaired) electrons. The molecule has 0 spiro atoms. The van der Waals surface area contributed by atoms with Gasteiger partial charge < -0.3 is 19.5 Å². The van der Waals surface area contributed by atoms with Gasteiger partial charge in [0.05, 0.1) is 18.8 Å². The van der Waals surface area contributed by atoms with E-state index in [1.165, 1.54) is 37.7 Å². The van der Waals surface area contributed by atoms with Gasteiger partial charge in [-0.25, -0.2) is 0 Å². The first-order valence-corrected chi connectivity index (χ1v) is 11.9. The van der Waals surface area contributed by atoms with Crippen LogP contribution in [0.3, 0.4) is 0 Å². The second-order valence-corrected chi connectivity index (χ2v) is 10.2. The van der Waals surface area contributed by atoms with Crippen LogP contribution in [-0.2, 0) is 11.3 Å². The molecule has 1 heterocycles. The van der Waals surface area contributed by atoms with Crippen LogP contribution < -0.4 is 14.8 Å². The van der Waals surface area contributed by atoms with Crippen molar-refractivity contribution < 1.29 is 14.2 Å². The van der Waals surface area contributed by atoms with E-state index in [1.54, 1.807) is 7.11 Å². The van der Waals surface area contributed by atoms with E-state index in [2.05, 4.69) is 45.1 Å². The van der Waals surface area contributed by atoms with Crippen molar-refractivity contribution in [2.24, 2.45) is 17.8 Å². The van der Waals surface area contributed by atoms with Crippen molar-refractivity contribution in [3.63, 3.8) is 0 Å². The summed E-state index contributed by atoms with van der Waals surface area (Å²) >= 11 is 0. The van der Waals surface area contributed by atoms with Gasteiger partial charge in [0.15, 0.2) is 11.5 Å². The largest absolute Gasteiger partial charge is 0.493 e. The lowest BCUT2D eigenvalue weighted by Crippen LogP contribution is -2.37. The Balaban J connectivity index is 1.88. The Morgan fingerprint density at radius 3 is 2.50 bits per heavy atom. The van der Waals surface area contributed by atoms with Crippen molar-refractivity contribution >= 4 is 0 Å². The average Bonchev–Trinajstić information content (AvgIpc) is 2.66. The maximum atomic E-state index is 5.97. The highest BCUT2D eigenvalue weighted by molar-refractivity contribution is 5.43. The number of benzene rings is 1.